The normalized spacial score (nSPS) is 11.2. The van der Waals surface area contributed by atoms with Crippen molar-refractivity contribution in [3.05, 3.63) is 29.8 Å². The van der Waals surface area contributed by atoms with Crippen LogP contribution in [0.1, 0.15) is 37.0 Å². The van der Waals surface area contributed by atoms with E-state index in [2.05, 4.69) is 11.6 Å². The molecular formula is C14H22N2O3S. The minimum atomic E-state index is -3.33. The van der Waals surface area contributed by atoms with Crippen molar-refractivity contribution in [3.63, 3.8) is 0 Å². The molecule has 0 fully saturated rings. The lowest BCUT2D eigenvalue weighted by Gasteiger charge is -2.21. The van der Waals surface area contributed by atoms with Gasteiger partial charge < -0.3 is 4.90 Å². The van der Waals surface area contributed by atoms with Gasteiger partial charge >= 0.3 is 0 Å². The fraction of sp³-hybridized carbons (Fsp3) is 0.500. The van der Waals surface area contributed by atoms with Crippen LogP contribution < -0.4 is 4.72 Å². The number of carbonyl (C=O) groups excluding carboxylic acids is 1. The summed E-state index contributed by atoms with van der Waals surface area (Å²) in [6, 6.07) is 6.57. The molecule has 1 rings (SSSR count). The topological polar surface area (TPSA) is 66.5 Å². The van der Waals surface area contributed by atoms with Crippen molar-refractivity contribution in [3.8, 4) is 0 Å². The third kappa shape index (κ3) is 5.21. The maximum Gasteiger partial charge on any atom is 0.253 e. The number of hydrogen-bond acceptors (Lipinski definition) is 3. The van der Waals surface area contributed by atoms with E-state index in [0.717, 1.165) is 25.6 Å². The quantitative estimate of drug-likeness (QED) is 0.840. The number of amides is 1. The molecule has 0 atom stereocenters. The van der Waals surface area contributed by atoms with Crippen LogP contribution in [0.15, 0.2) is 24.3 Å². The van der Waals surface area contributed by atoms with Crippen LogP contribution in [0, 0.1) is 0 Å². The zero-order valence-electron chi connectivity index (χ0n) is 12.2. The highest BCUT2D eigenvalue weighted by Crippen LogP contribution is 2.14. The van der Waals surface area contributed by atoms with Gasteiger partial charge in [0.2, 0.25) is 10.0 Å². The molecular weight excluding hydrogens is 276 g/mol. The highest BCUT2D eigenvalue weighted by molar-refractivity contribution is 7.92. The molecule has 1 aromatic carbocycles. The molecule has 1 N–H and O–H groups in total. The molecule has 0 saturated carbocycles. The SMILES string of the molecule is CCCCN(CC)C(=O)c1cccc(NS(C)(=O)=O)c1. The number of benzene rings is 1. The molecule has 0 heterocycles. The number of nitrogens with zero attached hydrogens (tertiary/aromatic N) is 1. The summed E-state index contributed by atoms with van der Waals surface area (Å²) in [6.07, 6.45) is 3.07. The predicted octanol–water partition coefficient (Wildman–Crippen LogP) is 2.32. The maximum absolute atomic E-state index is 12.3. The third-order valence-corrected chi connectivity index (χ3v) is 3.47. The Morgan fingerprint density at radius 3 is 2.55 bits per heavy atom. The Labute approximate surface area is 121 Å². The van der Waals surface area contributed by atoms with Crippen LogP contribution in [0.5, 0.6) is 0 Å². The molecule has 0 spiro atoms. The van der Waals surface area contributed by atoms with Crippen LogP contribution >= 0.6 is 0 Å². The van der Waals surface area contributed by atoms with Crippen molar-refractivity contribution < 1.29 is 13.2 Å². The van der Waals surface area contributed by atoms with E-state index in [4.69, 9.17) is 0 Å². The Hall–Kier alpha value is -1.56. The van der Waals surface area contributed by atoms with E-state index >= 15 is 0 Å². The van der Waals surface area contributed by atoms with Gasteiger partial charge in [-0.1, -0.05) is 19.4 Å². The maximum atomic E-state index is 12.3. The van der Waals surface area contributed by atoms with E-state index < -0.39 is 10.0 Å². The first-order valence-electron chi connectivity index (χ1n) is 6.74. The molecule has 5 nitrogen and oxygen atoms in total. The van der Waals surface area contributed by atoms with Crippen LogP contribution in [0.3, 0.4) is 0 Å². The molecule has 0 saturated heterocycles. The predicted molar refractivity (Wildman–Crippen MR) is 81.4 cm³/mol. The summed E-state index contributed by atoms with van der Waals surface area (Å²) in [4.78, 5) is 14.1. The first-order valence-corrected chi connectivity index (χ1v) is 8.63. The summed E-state index contributed by atoms with van der Waals surface area (Å²) < 4.78 is 24.8. The van der Waals surface area contributed by atoms with Crippen molar-refractivity contribution in [2.45, 2.75) is 26.7 Å². The smallest absolute Gasteiger partial charge is 0.253 e. The van der Waals surface area contributed by atoms with Gasteiger partial charge in [0.05, 0.1) is 6.26 Å². The van der Waals surface area contributed by atoms with Gasteiger partial charge in [-0.15, -0.1) is 0 Å². The average molecular weight is 298 g/mol. The first-order chi connectivity index (χ1) is 9.37. The molecule has 6 heteroatoms. The fourth-order valence-corrected chi connectivity index (χ4v) is 2.42. The summed E-state index contributed by atoms with van der Waals surface area (Å²) >= 11 is 0. The van der Waals surface area contributed by atoms with E-state index in [1.54, 1.807) is 29.2 Å². The monoisotopic (exact) mass is 298 g/mol. The Morgan fingerprint density at radius 1 is 1.30 bits per heavy atom. The zero-order valence-corrected chi connectivity index (χ0v) is 13.0. The van der Waals surface area contributed by atoms with Gasteiger partial charge in [-0.25, -0.2) is 8.42 Å². The highest BCUT2D eigenvalue weighted by Gasteiger charge is 2.14. The molecule has 0 unspecified atom stereocenters. The van der Waals surface area contributed by atoms with Gasteiger partial charge in [-0.2, -0.15) is 0 Å². The van der Waals surface area contributed by atoms with E-state index in [1.807, 2.05) is 6.92 Å². The van der Waals surface area contributed by atoms with Gasteiger partial charge in [-0.3, -0.25) is 9.52 Å². The third-order valence-electron chi connectivity index (χ3n) is 2.86. The lowest BCUT2D eigenvalue weighted by atomic mass is 10.1. The molecule has 0 aromatic heterocycles. The highest BCUT2D eigenvalue weighted by atomic mass is 32.2. The summed E-state index contributed by atoms with van der Waals surface area (Å²) in [7, 11) is -3.33. The number of anilines is 1. The van der Waals surface area contributed by atoms with Crippen LogP contribution in [-0.2, 0) is 10.0 Å². The van der Waals surface area contributed by atoms with E-state index in [-0.39, 0.29) is 5.91 Å². The summed E-state index contributed by atoms with van der Waals surface area (Å²) in [5, 5.41) is 0. The standard InChI is InChI=1S/C14H22N2O3S/c1-4-6-10-16(5-2)14(17)12-8-7-9-13(11-12)15-20(3,18)19/h7-9,11,15H,4-6,10H2,1-3H3. The van der Waals surface area contributed by atoms with Crippen molar-refractivity contribution >= 4 is 21.6 Å². The van der Waals surface area contributed by atoms with Crippen LogP contribution in [0.25, 0.3) is 0 Å². The van der Waals surface area contributed by atoms with Crippen molar-refractivity contribution in [2.75, 3.05) is 24.1 Å². The second-order valence-corrected chi connectivity index (χ2v) is 6.44. The number of hydrogen-bond donors (Lipinski definition) is 1. The molecule has 20 heavy (non-hydrogen) atoms. The molecule has 1 aromatic rings. The number of nitrogens with one attached hydrogen (secondary N) is 1. The minimum Gasteiger partial charge on any atom is -0.339 e. The van der Waals surface area contributed by atoms with Crippen LogP contribution in [0.2, 0.25) is 0 Å². The number of unbranched alkanes of at least 4 members (excludes halogenated alkanes) is 1. The first kappa shape index (κ1) is 16.5. The average Bonchev–Trinajstić information content (AvgIpc) is 2.37. The molecule has 0 aliphatic heterocycles. The Morgan fingerprint density at radius 2 is 2.00 bits per heavy atom. The van der Waals surface area contributed by atoms with Crippen LogP contribution in [0.4, 0.5) is 5.69 Å². The van der Waals surface area contributed by atoms with Gasteiger partial charge in [0.25, 0.3) is 5.91 Å². The van der Waals surface area contributed by atoms with Crippen LogP contribution in [-0.4, -0.2) is 38.6 Å². The zero-order chi connectivity index (χ0) is 15.2. The molecule has 0 aliphatic carbocycles. The number of carbonyl (C=O) groups is 1. The molecule has 0 radical (unpaired) electrons. The summed E-state index contributed by atoms with van der Waals surface area (Å²) in [5.41, 5.74) is 0.904. The molecule has 1 amide bonds. The summed E-state index contributed by atoms with van der Waals surface area (Å²) in [5.74, 6) is -0.0712. The van der Waals surface area contributed by atoms with E-state index in [9.17, 15) is 13.2 Å². The van der Waals surface area contributed by atoms with Gasteiger partial charge in [0, 0.05) is 24.3 Å². The minimum absolute atomic E-state index is 0.0712. The van der Waals surface area contributed by atoms with E-state index in [1.165, 1.54) is 0 Å². The lowest BCUT2D eigenvalue weighted by Crippen LogP contribution is -2.31. The molecule has 0 bridgehead atoms. The largest absolute Gasteiger partial charge is 0.339 e. The second kappa shape index (κ2) is 7.28. The van der Waals surface area contributed by atoms with Crippen molar-refractivity contribution in [1.82, 2.24) is 4.90 Å². The lowest BCUT2D eigenvalue weighted by molar-refractivity contribution is 0.0762. The van der Waals surface area contributed by atoms with Gasteiger partial charge in [-0.05, 0) is 31.5 Å². The Bertz CT molecular complexity index is 555. The van der Waals surface area contributed by atoms with Crippen molar-refractivity contribution in [2.24, 2.45) is 0 Å². The molecule has 0 aliphatic rings. The number of sulfonamides is 1. The second-order valence-electron chi connectivity index (χ2n) is 4.69. The summed E-state index contributed by atoms with van der Waals surface area (Å²) in [6.45, 7) is 5.37. The van der Waals surface area contributed by atoms with E-state index in [0.29, 0.717) is 17.8 Å². The Balaban J connectivity index is 2.90. The number of rotatable bonds is 7. The van der Waals surface area contributed by atoms with Crippen molar-refractivity contribution in [1.29, 1.82) is 0 Å². The van der Waals surface area contributed by atoms with Gasteiger partial charge in [0.15, 0.2) is 0 Å². The molecule has 112 valence electrons. The Kier molecular flexibility index (Phi) is 6.01. The fourth-order valence-electron chi connectivity index (χ4n) is 1.86. The van der Waals surface area contributed by atoms with Gasteiger partial charge in [0.1, 0.15) is 0 Å².